The smallest absolute Gasteiger partial charge is 0.191 e. The van der Waals surface area contributed by atoms with Crippen LogP contribution < -0.4 is 15.5 Å². The highest BCUT2D eigenvalue weighted by molar-refractivity contribution is 14.0. The fraction of sp³-hybridized carbons (Fsp3) is 0.429. The molecule has 0 unspecified atom stereocenters. The minimum absolute atomic E-state index is 0. The molecule has 160 valence electrons. The average molecular weight is 520 g/mol. The average Bonchev–Trinajstić information content (AvgIpc) is 3.17. The molecule has 0 saturated carbocycles. The molecule has 0 spiro atoms. The third-order valence-corrected chi connectivity index (χ3v) is 5.30. The monoisotopic (exact) mass is 520 g/mol. The number of halogens is 1. The van der Waals surface area contributed by atoms with Crippen LogP contribution in [0.2, 0.25) is 0 Å². The SMILES string of the molecule is CN=C(NCCc1nnc2ccccn12)NC1CCN(c2ccc(C)cn2)CC1.I. The number of piperidine rings is 1. The first-order valence-corrected chi connectivity index (χ1v) is 10.2. The van der Waals surface area contributed by atoms with E-state index in [0.717, 1.165) is 62.1 Å². The largest absolute Gasteiger partial charge is 0.356 e. The summed E-state index contributed by atoms with van der Waals surface area (Å²) in [5, 5.41) is 15.4. The van der Waals surface area contributed by atoms with Gasteiger partial charge in [0.1, 0.15) is 11.6 Å². The number of hydrogen-bond acceptors (Lipinski definition) is 5. The molecule has 1 saturated heterocycles. The molecule has 4 rings (SSSR count). The summed E-state index contributed by atoms with van der Waals surface area (Å²) >= 11 is 0. The number of fused-ring (bicyclic) bond motifs is 1. The van der Waals surface area contributed by atoms with Crippen molar-refractivity contribution in [3.8, 4) is 0 Å². The third kappa shape index (κ3) is 5.38. The molecule has 9 heteroatoms. The molecule has 0 aliphatic carbocycles. The Hall–Kier alpha value is -2.43. The van der Waals surface area contributed by atoms with E-state index < -0.39 is 0 Å². The van der Waals surface area contributed by atoms with Crippen LogP contribution in [0.4, 0.5) is 5.82 Å². The van der Waals surface area contributed by atoms with Crippen LogP contribution in [0.1, 0.15) is 24.2 Å². The highest BCUT2D eigenvalue weighted by Crippen LogP contribution is 2.18. The van der Waals surface area contributed by atoms with Crippen molar-refractivity contribution in [1.82, 2.24) is 30.2 Å². The summed E-state index contributed by atoms with van der Waals surface area (Å²) in [7, 11) is 1.81. The Labute approximate surface area is 194 Å². The molecule has 0 bridgehead atoms. The van der Waals surface area contributed by atoms with E-state index in [9.17, 15) is 0 Å². The fourth-order valence-electron chi connectivity index (χ4n) is 3.64. The molecular weight excluding hydrogens is 491 g/mol. The zero-order valence-electron chi connectivity index (χ0n) is 17.5. The molecule has 4 heterocycles. The predicted molar refractivity (Wildman–Crippen MR) is 131 cm³/mol. The van der Waals surface area contributed by atoms with Gasteiger partial charge in [-0.25, -0.2) is 4.98 Å². The standard InChI is InChI=1S/C21H28N8.HI/c1-16-6-7-18(24-15-16)28-13-9-17(10-14-28)25-21(22-2)23-11-8-20-27-26-19-5-3-4-12-29(19)20;/h3-7,12,15,17H,8-11,13-14H2,1-2H3,(H2,22,23,25);1H. The van der Waals surface area contributed by atoms with Crippen LogP contribution in [0, 0.1) is 6.92 Å². The summed E-state index contributed by atoms with van der Waals surface area (Å²) in [6, 6.07) is 10.6. The quantitative estimate of drug-likeness (QED) is 0.306. The topological polar surface area (TPSA) is 82.7 Å². The summed E-state index contributed by atoms with van der Waals surface area (Å²) in [5.41, 5.74) is 2.07. The molecule has 1 aliphatic heterocycles. The molecule has 1 aliphatic rings. The number of aryl methyl sites for hydroxylation is 1. The summed E-state index contributed by atoms with van der Waals surface area (Å²) in [4.78, 5) is 11.3. The Morgan fingerprint density at radius 1 is 1.17 bits per heavy atom. The second-order valence-corrected chi connectivity index (χ2v) is 7.39. The van der Waals surface area contributed by atoms with Crippen LogP contribution in [-0.4, -0.2) is 58.3 Å². The van der Waals surface area contributed by atoms with Gasteiger partial charge in [0.25, 0.3) is 0 Å². The number of anilines is 1. The van der Waals surface area contributed by atoms with Gasteiger partial charge in [0.2, 0.25) is 0 Å². The van der Waals surface area contributed by atoms with Crippen LogP contribution in [0.15, 0.2) is 47.7 Å². The molecule has 1 fully saturated rings. The third-order valence-electron chi connectivity index (χ3n) is 5.30. The number of nitrogens with one attached hydrogen (secondary N) is 2. The maximum atomic E-state index is 4.55. The van der Waals surface area contributed by atoms with Gasteiger partial charge in [-0.05, 0) is 43.5 Å². The first kappa shape index (κ1) is 22.3. The number of hydrogen-bond donors (Lipinski definition) is 2. The van der Waals surface area contributed by atoms with Crippen molar-refractivity contribution in [1.29, 1.82) is 0 Å². The molecule has 0 aromatic carbocycles. The number of aromatic nitrogens is 4. The van der Waals surface area contributed by atoms with E-state index in [4.69, 9.17) is 0 Å². The van der Waals surface area contributed by atoms with Crippen LogP contribution in [-0.2, 0) is 6.42 Å². The Kier molecular flexibility index (Phi) is 7.83. The van der Waals surface area contributed by atoms with Crippen molar-refractivity contribution in [3.63, 3.8) is 0 Å². The highest BCUT2D eigenvalue weighted by Gasteiger charge is 2.20. The summed E-state index contributed by atoms with van der Waals surface area (Å²) in [6.07, 6.45) is 6.83. The van der Waals surface area contributed by atoms with E-state index in [-0.39, 0.29) is 24.0 Å². The molecule has 30 heavy (non-hydrogen) atoms. The molecule has 0 atom stereocenters. The lowest BCUT2D eigenvalue weighted by molar-refractivity contribution is 0.459. The van der Waals surface area contributed by atoms with Gasteiger partial charge in [-0.2, -0.15) is 0 Å². The summed E-state index contributed by atoms with van der Waals surface area (Å²) < 4.78 is 2.02. The van der Waals surface area contributed by atoms with Crippen LogP contribution in [0.3, 0.4) is 0 Å². The second-order valence-electron chi connectivity index (χ2n) is 7.39. The molecular formula is C21H29IN8. The summed E-state index contributed by atoms with van der Waals surface area (Å²) in [5.74, 6) is 2.85. The molecule has 0 amide bonds. The number of aliphatic imine (C=N–C) groups is 1. The van der Waals surface area contributed by atoms with Crippen LogP contribution in [0.5, 0.6) is 0 Å². The molecule has 3 aromatic heterocycles. The van der Waals surface area contributed by atoms with E-state index >= 15 is 0 Å². The first-order chi connectivity index (χ1) is 14.2. The van der Waals surface area contributed by atoms with Crippen molar-refractivity contribution in [2.75, 3.05) is 31.6 Å². The maximum absolute atomic E-state index is 4.55. The van der Waals surface area contributed by atoms with Gasteiger partial charge in [-0.1, -0.05) is 12.1 Å². The second kappa shape index (κ2) is 10.6. The zero-order chi connectivity index (χ0) is 20.1. The van der Waals surface area contributed by atoms with Gasteiger partial charge in [0.15, 0.2) is 11.6 Å². The van der Waals surface area contributed by atoms with Gasteiger partial charge < -0.3 is 15.5 Å². The van der Waals surface area contributed by atoms with Crippen LogP contribution >= 0.6 is 24.0 Å². The molecule has 2 N–H and O–H groups in total. The van der Waals surface area contributed by atoms with E-state index in [1.807, 2.05) is 42.0 Å². The number of nitrogens with zero attached hydrogens (tertiary/aromatic N) is 6. The van der Waals surface area contributed by atoms with Crippen molar-refractivity contribution in [2.24, 2.45) is 4.99 Å². The van der Waals surface area contributed by atoms with Gasteiger partial charge >= 0.3 is 0 Å². The summed E-state index contributed by atoms with van der Waals surface area (Å²) in [6.45, 7) is 4.81. The number of guanidine groups is 1. The van der Waals surface area contributed by atoms with Crippen molar-refractivity contribution < 1.29 is 0 Å². The van der Waals surface area contributed by atoms with Crippen molar-refractivity contribution in [3.05, 3.63) is 54.1 Å². The van der Waals surface area contributed by atoms with Crippen molar-refractivity contribution in [2.45, 2.75) is 32.2 Å². The molecule has 3 aromatic rings. The Balaban J connectivity index is 0.00000256. The first-order valence-electron chi connectivity index (χ1n) is 10.2. The predicted octanol–water partition coefficient (Wildman–Crippen LogP) is 2.43. The maximum Gasteiger partial charge on any atom is 0.191 e. The Bertz CT molecular complexity index is 961. The van der Waals surface area contributed by atoms with Gasteiger partial charge in [-0.3, -0.25) is 9.39 Å². The van der Waals surface area contributed by atoms with E-state index in [1.165, 1.54) is 5.56 Å². The lowest BCUT2D eigenvalue weighted by Gasteiger charge is -2.33. The lowest BCUT2D eigenvalue weighted by Crippen LogP contribution is -2.49. The minimum atomic E-state index is 0. The Morgan fingerprint density at radius 2 is 2.00 bits per heavy atom. The number of pyridine rings is 2. The van der Waals surface area contributed by atoms with E-state index in [1.54, 1.807) is 0 Å². The molecule has 8 nitrogen and oxygen atoms in total. The zero-order valence-corrected chi connectivity index (χ0v) is 19.8. The van der Waals surface area contributed by atoms with Gasteiger partial charge in [-0.15, -0.1) is 34.2 Å². The highest BCUT2D eigenvalue weighted by atomic mass is 127. The number of rotatable bonds is 5. The minimum Gasteiger partial charge on any atom is -0.356 e. The normalized spacial score (nSPS) is 15.1. The van der Waals surface area contributed by atoms with E-state index in [2.05, 4.69) is 54.8 Å². The Morgan fingerprint density at radius 3 is 2.73 bits per heavy atom. The van der Waals surface area contributed by atoms with E-state index in [0.29, 0.717) is 6.04 Å². The van der Waals surface area contributed by atoms with Gasteiger partial charge in [0.05, 0.1) is 0 Å². The van der Waals surface area contributed by atoms with Gasteiger partial charge in [0, 0.05) is 51.5 Å². The lowest BCUT2D eigenvalue weighted by atomic mass is 10.1. The molecule has 0 radical (unpaired) electrons. The fourth-order valence-corrected chi connectivity index (χ4v) is 3.64. The van der Waals surface area contributed by atoms with Crippen molar-refractivity contribution >= 4 is 41.4 Å². The van der Waals surface area contributed by atoms with Crippen LogP contribution in [0.25, 0.3) is 5.65 Å².